The normalized spacial score (nSPS) is 13.4. The zero-order valence-corrected chi connectivity index (χ0v) is 13.2. The maximum absolute atomic E-state index is 12.0. The Labute approximate surface area is 139 Å². The number of nitrogens with zero attached hydrogens (tertiary/aromatic N) is 1. The smallest absolute Gasteiger partial charge is 0.226 e. The number of rotatable bonds is 6. The number of nitrogens with one attached hydrogen (secondary N) is 1. The van der Waals surface area contributed by atoms with Gasteiger partial charge in [0.2, 0.25) is 11.8 Å². The molecule has 6 nitrogen and oxygen atoms in total. The molecule has 0 fully saturated rings. The summed E-state index contributed by atoms with van der Waals surface area (Å²) in [7, 11) is 0. The summed E-state index contributed by atoms with van der Waals surface area (Å²) in [6.07, 6.45) is 3.02. The van der Waals surface area contributed by atoms with Crippen molar-refractivity contribution in [3.05, 3.63) is 66.4 Å². The number of oxazole rings is 1. The van der Waals surface area contributed by atoms with E-state index < -0.39 is 5.60 Å². The molecule has 1 unspecified atom stereocenters. The predicted octanol–water partition coefficient (Wildman–Crippen LogP) is 2.50. The highest BCUT2D eigenvalue weighted by molar-refractivity contribution is 5.78. The van der Waals surface area contributed by atoms with Gasteiger partial charge in [-0.05, 0) is 31.2 Å². The van der Waals surface area contributed by atoms with Crippen molar-refractivity contribution in [3.8, 4) is 11.5 Å². The minimum atomic E-state index is -1.27. The highest BCUT2D eigenvalue weighted by Gasteiger charge is 2.26. The van der Waals surface area contributed by atoms with Gasteiger partial charge in [0, 0.05) is 5.56 Å². The molecule has 6 heteroatoms. The molecule has 0 aliphatic rings. The molecule has 0 aliphatic heterocycles. The third-order valence-corrected chi connectivity index (χ3v) is 3.60. The number of furan rings is 1. The first-order chi connectivity index (χ1) is 11.5. The Kier molecular flexibility index (Phi) is 4.48. The van der Waals surface area contributed by atoms with Crippen LogP contribution in [0.5, 0.6) is 0 Å². The summed E-state index contributed by atoms with van der Waals surface area (Å²) in [6.45, 7) is 1.62. The number of aliphatic hydroxyl groups is 1. The second-order valence-electron chi connectivity index (χ2n) is 5.71. The second-order valence-corrected chi connectivity index (χ2v) is 5.71. The molecule has 1 aromatic carbocycles. The van der Waals surface area contributed by atoms with Crippen LogP contribution in [0.2, 0.25) is 0 Å². The van der Waals surface area contributed by atoms with E-state index in [1.54, 1.807) is 19.1 Å². The molecule has 24 heavy (non-hydrogen) atoms. The van der Waals surface area contributed by atoms with Crippen molar-refractivity contribution in [3.63, 3.8) is 0 Å². The van der Waals surface area contributed by atoms with E-state index in [1.807, 2.05) is 30.3 Å². The number of amides is 1. The van der Waals surface area contributed by atoms with Crippen LogP contribution in [0, 0.1) is 0 Å². The summed E-state index contributed by atoms with van der Waals surface area (Å²) in [4.78, 5) is 16.3. The Morgan fingerprint density at radius 2 is 2.00 bits per heavy atom. The lowest BCUT2D eigenvalue weighted by Gasteiger charge is -2.20. The van der Waals surface area contributed by atoms with Crippen LogP contribution in [-0.2, 0) is 16.8 Å². The number of benzene rings is 1. The summed E-state index contributed by atoms with van der Waals surface area (Å²) >= 11 is 0. The van der Waals surface area contributed by atoms with E-state index in [1.165, 1.54) is 12.5 Å². The van der Waals surface area contributed by atoms with Gasteiger partial charge in [0.15, 0.2) is 0 Å². The average molecular weight is 326 g/mol. The third kappa shape index (κ3) is 3.72. The number of carbonyl (C=O) groups is 1. The van der Waals surface area contributed by atoms with Crippen molar-refractivity contribution in [2.75, 3.05) is 6.54 Å². The van der Waals surface area contributed by atoms with Gasteiger partial charge in [-0.15, -0.1) is 0 Å². The molecular formula is C18H18N2O4. The van der Waals surface area contributed by atoms with Crippen LogP contribution in [0.15, 0.2) is 63.8 Å². The topological polar surface area (TPSA) is 88.5 Å². The molecule has 1 amide bonds. The first kappa shape index (κ1) is 16.0. The Morgan fingerprint density at radius 1 is 1.21 bits per heavy atom. The van der Waals surface area contributed by atoms with Crippen molar-refractivity contribution in [1.29, 1.82) is 0 Å². The summed E-state index contributed by atoms with van der Waals surface area (Å²) < 4.78 is 10.6. The zero-order valence-electron chi connectivity index (χ0n) is 13.2. The predicted molar refractivity (Wildman–Crippen MR) is 86.9 cm³/mol. The summed E-state index contributed by atoms with van der Waals surface area (Å²) in [5.74, 6) is 0.617. The molecule has 2 aromatic heterocycles. The van der Waals surface area contributed by atoms with Crippen molar-refractivity contribution in [2.45, 2.75) is 18.9 Å². The first-order valence-corrected chi connectivity index (χ1v) is 7.57. The molecular weight excluding hydrogens is 308 g/mol. The molecule has 2 heterocycles. The number of carbonyl (C=O) groups excluding carboxylic acids is 1. The van der Waals surface area contributed by atoms with Gasteiger partial charge in [-0.2, -0.15) is 0 Å². The van der Waals surface area contributed by atoms with Gasteiger partial charge in [0.25, 0.3) is 0 Å². The van der Waals surface area contributed by atoms with E-state index in [0.717, 1.165) is 5.56 Å². The van der Waals surface area contributed by atoms with Crippen LogP contribution >= 0.6 is 0 Å². The van der Waals surface area contributed by atoms with Gasteiger partial charge in [-0.25, -0.2) is 4.98 Å². The average Bonchev–Trinajstić information content (AvgIpc) is 3.26. The zero-order chi connectivity index (χ0) is 17.0. The maximum atomic E-state index is 12.0. The number of hydrogen-bond donors (Lipinski definition) is 2. The van der Waals surface area contributed by atoms with Gasteiger partial charge in [0.05, 0.1) is 24.9 Å². The Balaban J connectivity index is 1.57. The molecule has 0 saturated heterocycles. The lowest BCUT2D eigenvalue weighted by molar-refractivity contribution is -0.121. The SMILES string of the molecule is CC(O)(CNC(=O)Cc1coc(-c2ccccc2)n1)c1ccco1. The molecule has 1 atom stereocenters. The fraction of sp³-hybridized carbons (Fsp3) is 0.222. The second kappa shape index (κ2) is 6.72. The van der Waals surface area contributed by atoms with Crippen molar-refractivity contribution in [2.24, 2.45) is 0 Å². The molecule has 3 rings (SSSR count). The van der Waals surface area contributed by atoms with E-state index in [4.69, 9.17) is 8.83 Å². The van der Waals surface area contributed by atoms with Crippen LogP contribution in [0.25, 0.3) is 11.5 Å². The molecule has 0 aliphatic carbocycles. The van der Waals surface area contributed by atoms with Gasteiger partial charge in [-0.1, -0.05) is 18.2 Å². The van der Waals surface area contributed by atoms with E-state index in [2.05, 4.69) is 10.3 Å². The Morgan fingerprint density at radius 3 is 2.71 bits per heavy atom. The maximum Gasteiger partial charge on any atom is 0.226 e. The largest absolute Gasteiger partial charge is 0.466 e. The third-order valence-electron chi connectivity index (χ3n) is 3.60. The fourth-order valence-electron chi connectivity index (χ4n) is 2.27. The molecule has 0 radical (unpaired) electrons. The van der Waals surface area contributed by atoms with Crippen LogP contribution in [0.4, 0.5) is 0 Å². The minimum absolute atomic E-state index is 0.0444. The summed E-state index contributed by atoms with van der Waals surface area (Å²) in [6, 6.07) is 12.8. The Bertz CT molecular complexity index is 792. The van der Waals surface area contributed by atoms with Crippen molar-refractivity contribution in [1.82, 2.24) is 10.3 Å². The van der Waals surface area contributed by atoms with E-state index >= 15 is 0 Å². The fourth-order valence-corrected chi connectivity index (χ4v) is 2.27. The summed E-state index contributed by atoms with van der Waals surface area (Å²) in [5.41, 5.74) is 0.118. The standard InChI is InChI=1S/C18H18N2O4/c1-18(22,15-8-5-9-23-15)12-19-16(21)10-14-11-24-17(20-14)13-6-3-2-4-7-13/h2-9,11,22H,10,12H2,1H3,(H,19,21). The lowest BCUT2D eigenvalue weighted by atomic mass is 10.0. The van der Waals surface area contributed by atoms with E-state index in [9.17, 15) is 9.90 Å². The van der Waals surface area contributed by atoms with Gasteiger partial charge in [0.1, 0.15) is 17.6 Å². The van der Waals surface area contributed by atoms with Gasteiger partial charge >= 0.3 is 0 Å². The minimum Gasteiger partial charge on any atom is -0.466 e. The first-order valence-electron chi connectivity index (χ1n) is 7.57. The summed E-state index contributed by atoms with van der Waals surface area (Å²) in [5, 5.41) is 13.0. The van der Waals surface area contributed by atoms with Crippen LogP contribution < -0.4 is 5.32 Å². The highest BCUT2D eigenvalue weighted by atomic mass is 16.4. The van der Waals surface area contributed by atoms with E-state index in [-0.39, 0.29) is 18.9 Å². The highest BCUT2D eigenvalue weighted by Crippen LogP contribution is 2.20. The molecule has 0 bridgehead atoms. The monoisotopic (exact) mass is 326 g/mol. The van der Waals surface area contributed by atoms with E-state index in [0.29, 0.717) is 17.3 Å². The van der Waals surface area contributed by atoms with Crippen LogP contribution in [-0.4, -0.2) is 22.5 Å². The van der Waals surface area contributed by atoms with Gasteiger partial charge < -0.3 is 19.3 Å². The van der Waals surface area contributed by atoms with Crippen LogP contribution in [0.1, 0.15) is 18.4 Å². The molecule has 124 valence electrons. The van der Waals surface area contributed by atoms with Crippen molar-refractivity contribution < 1.29 is 18.7 Å². The molecule has 0 saturated carbocycles. The van der Waals surface area contributed by atoms with Gasteiger partial charge in [-0.3, -0.25) is 4.79 Å². The molecule has 3 aromatic rings. The lowest BCUT2D eigenvalue weighted by Crippen LogP contribution is -2.39. The number of hydrogen-bond acceptors (Lipinski definition) is 5. The Hall–Kier alpha value is -2.86. The molecule has 2 N–H and O–H groups in total. The van der Waals surface area contributed by atoms with Crippen LogP contribution in [0.3, 0.4) is 0 Å². The molecule has 0 spiro atoms. The quantitative estimate of drug-likeness (QED) is 0.726. The van der Waals surface area contributed by atoms with Crippen molar-refractivity contribution >= 4 is 5.91 Å². The number of aromatic nitrogens is 1.